The molecule has 0 atom stereocenters. The van der Waals surface area contributed by atoms with E-state index in [0.717, 1.165) is 22.5 Å². The smallest absolute Gasteiger partial charge is 0.155 e. The van der Waals surface area contributed by atoms with Gasteiger partial charge in [0.2, 0.25) is 0 Å². The molecule has 0 bridgehead atoms. The molecule has 286 valence electrons. The number of rotatable bonds is 7. The van der Waals surface area contributed by atoms with Gasteiger partial charge in [0, 0.05) is 58.7 Å². The second-order valence-electron chi connectivity index (χ2n) is 14.5. The van der Waals surface area contributed by atoms with E-state index < -0.39 is 16.1 Å². The minimum Gasteiger partial charge on any atom is -0.512 e. The van der Waals surface area contributed by atoms with Gasteiger partial charge in [-0.25, -0.2) is 0 Å². The summed E-state index contributed by atoms with van der Waals surface area (Å²) in [4.78, 5) is 19.3. The molecule has 0 aliphatic heterocycles. The maximum atomic E-state index is 10.0. The van der Waals surface area contributed by atoms with Crippen molar-refractivity contribution < 1.29 is 50.1 Å². The molecule has 0 aliphatic carbocycles. The van der Waals surface area contributed by atoms with Crippen molar-refractivity contribution in [2.75, 3.05) is 0 Å². The fraction of sp³-hybridized carbons (Fsp3) is 0.174. The van der Waals surface area contributed by atoms with E-state index in [-0.39, 0.29) is 59.2 Å². The number of benzene rings is 4. The number of carbonyl (C=O) groups is 1. The molecule has 0 saturated carbocycles. The fourth-order valence-electron chi connectivity index (χ4n) is 5.14. The number of ketones is 1. The van der Waals surface area contributed by atoms with Gasteiger partial charge in [0.05, 0.1) is 21.9 Å². The van der Waals surface area contributed by atoms with Crippen LogP contribution in [0.4, 0.5) is 0 Å². The van der Waals surface area contributed by atoms with E-state index in [0.29, 0.717) is 0 Å². The zero-order valence-corrected chi connectivity index (χ0v) is 39.5. The molecule has 0 amide bonds. The summed E-state index contributed by atoms with van der Waals surface area (Å²) in [5.41, 5.74) is 8.90. The maximum absolute atomic E-state index is 10.0. The number of pyridine rings is 2. The topological polar surface area (TPSA) is 63.1 Å². The third-order valence-corrected chi connectivity index (χ3v) is 12.1. The summed E-state index contributed by atoms with van der Waals surface area (Å²) < 4.78 is 0. The van der Waals surface area contributed by atoms with Gasteiger partial charge in [-0.1, -0.05) is 124 Å². The van der Waals surface area contributed by atoms with Crippen molar-refractivity contribution >= 4 is 32.3 Å². The van der Waals surface area contributed by atoms with Crippen molar-refractivity contribution in [2.45, 2.75) is 53.1 Å². The number of aliphatic hydroxyl groups excluding tert-OH is 1. The van der Waals surface area contributed by atoms with Crippen LogP contribution < -0.4 is 10.4 Å². The van der Waals surface area contributed by atoms with Gasteiger partial charge in [-0.05, 0) is 46.7 Å². The normalized spacial score (nSPS) is 10.8. The summed E-state index contributed by atoms with van der Waals surface area (Å²) in [7, 11) is -2.59. The van der Waals surface area contributed by atoms with Crippen LogP contribution in [0, 0.1) is 19.6 Å². The van der Waals surface area contributed by atoms with Crippen molar-refractivity contribution in [1.82, 2.24) is 9.97 Å². The molecule has 0 saturated heterocycles. The number of hydrogen-bond acceptors (Lipinski definition) is 4. The number of carbonyl (C=O) groups excluding carboxylic acids is 1. The second-order valence-corrected chi connectivity index (χ2v) is 24.6. The molecule has 8 heteroatoms. The molecule has 2 aromatic heterocycles. The fourth-order valence-corrected chi connectivity index (χ4v) is 7.21. The molecule has 4 nitrogen and oxygen atoms in total. The molecule has 6 rings (SSSR count). The Hall–Kier alpha value is -3.88. The van der Waals surface area contributed by atoms with Crippen LogP contribution in [0.3, 0.4) is 0 Å². The summed E-state index contributed by atoms with van der Waals surface area (Å²) in [6, 6.07) is 48.6. The van der Waals surface area contributed by atoms with E-state index >= 15 is 0 Å². The molecule has 2 heterocycles. The Balaban J connectivity index is 0.000000439. The predicted octanol–water partition coefficient (Wildman–Crippen LogP) is 11.0. The third-order valence-electron chi connectivity index (χ3n) is 8.04. The first-order valence-electron chi connectivity index (χ1n) is 17.2. The molecule has 54 heavy (non-hydrogen) atoms. The van der Waals surface area contributed by atoms with E-state index in [1.165, 1.54) is 52.6 Å². The van der Waals surface area contributed by atoms with Crippen LogP contribution in [0.2, 0.25) is 39.3 Å². The van der Waals surface area contributed by atoms with Gasteiger partial charge in [-0.15, -0.1) is 70.8 Å². The van der Waals surface area contributed by atoms with Crippen LogP contribution in [-0.4, -0.2) is 37.0 Å². The van der Waals surface area contributed by atoms with E-state index in [4.69, 9.17) is 5.11 Å². The molecule has 0 unspecified atom stereocenters. The van der Waals surface area contributed by atoms with Crippen LogP contribution >= 0.6 is 0 Å². The van der Waals surface area contributed by atoms with Crippen LogP contribution in [0.5, 0.6) is 0 Å². The summed E-state index contributed by atoms with van der Waals surface area (Å²) in [6.45, 7) is 16.9. The first kappa shape index (κ1) is 48.1. The first-order chi connectivity index (χ1) is 24.2. The van der Waals surface area contributed by atoms with Gasteiger partial charge in [0.15, 0.2) is 5.78 Å². The number of hydrogen-bond donors (Lipinski definition) is 1. The number of nitrogens with zero attached hydrogens (tertiary/aromatic N) is 2. The van der Waals surface area contributed by atoms with Crippen LogP contribution in [-0.2, 0) is 45.0 Å². The Morgan fingerprint density at radius 1 is 0.574 bits per heavy atom. The quantitative estimate of drug-likeness (QED) is 0.0749. The van der Waals surface area contributed by atoms with E-state index in [1.807, 2.05) is 36.7 Å². The number of allylic oxidation sites excluding steroid dienone is 2. The minimum absolute atomic E-state index is 0. The molecule has 0 aliphatic rings. The van der Waals surface area contributed by atoms with Gasteiger partial charge in [-0.2, -0.15) is 0 Å². The summed E-state index contributed by atoms with van der Waals surface area (Å²) in [5.74, 6) is -0.0625. The average Bonchev–Trinajstić information content (AvgIpc) is 3.12. The zero-order chi connectivity index (χ0) is 37.0. The zero-order valence-electron chi connectivity index (χ0n) is 32.7. The van der Waals surface area contributed by atoms with Crippen LogP contribution in [0.1, 0.15) is 13.8 Å². The van der Waals surface area contributed by atoms with Gasteiger partial charge in [-0.3, -0.25) is 4.79 Å². The molecule has 2 radical (unpaired) electrons. The Morgan fingerprint density at radius 2 is 0.944 bits per heavy atom. The van der Waals surface area contributed by atoms with Crippen LogP contribution in [0.25, 0.3) is 44.8 Å². The minimum atomic E-state index is -1.29. The van der Waals surface area contributed by atoms with Crippen molar-refractivity contribution in [2.24, 2.45) is 0 Å². The second kappa shape index (κ2) is 22.5. The molecular formula is C46H51Ir2N2O2Si2-3. The number of aliphatic hydroxyl groups is 1. The van der Waals surface area contributed by atoms with Gasteiger partial charge >= 0.3 is 0 Å². The molecular weight excluding hydrogens is 1050 g/mol. The SMILES string of the molecule is CC(=O)C=C(C)O.C[Si](C)(C)c1ccc(-c2[c-]ccc(-c3ccccc3)c2)nc1.C[Si](C)(C)c1ccc(-c2[c-]ccc(-c3ccccc3)c2)nc1.[CH3-].[Ir].[Ir]. The summed E-state index contributed by atoms with van der Waals surface area (Å²) in [6.07, 6.45) is 5.23. The van der Waals surface area contributed by atoms with Crippen molar-refractivity contribution in [3.63, 3.8) is 0 Å². The Bertz CT molecular complexity index is 1900. The molecule has 4 aromatic carbocycles. The predicted molar refractivity (Wildman–Crippen MR) is 227 cm³/mol. The maximum Gasteiger partial charge on any atom is 0.155 e. The van der Waals surface area contributed by atoms with Gasteiger partial charge in [0.1, 0.15) is 0 Å². The average molecular weight is 1100 g/mol. The molecule has 0 spiro atoms. The van der Waals surface area contributed by atoms with Gasteiger partial charge in [0.25, 0.3) is 0 Å². The standard InChI is InChI=1S/2C20H20NSi.C5H8O2.CH3.2Ir/c2*1-22(2,3)19-12-13-20(21-15-19)18-11-7-10-17(14-18)16-8-5-4-6-9-16;1-4(6)3-5(2)7;;;/h2*4-10,12-15H,1-3H3;3,6H,1-2H3;1H3;;/q2*-1;;-1;;. The number of aromatic nitrogens is 2. The van der Waals surface area contributed by atoms with Crippen molar-refractivity contribution in [3.8, 4) is 44.8 Å². The van der Waals surface area contributed by atoms with Crippen LogP contribution in [0.15, 0.2) is 146 Å². The Labute approximate surface area is 353 Å². The van der Waals surface area contributed by atoms with Crippen molar-refractivity contribution in [1.29, 1.82) is 0 Å². The summed E-state index contributed by atoms with van der Waals surface area (Å²) >= 11 is 0. The largest absolute Gasteiger partial charge is 0.512 e. The van der Waals surface area contributed by atoms with Crippen molar-refractivity contribution in [3.05, 3.63) is 165 Å². The van der Waals surface area contributed by atoms with E-state index in [2.05, 4.69) is 158 Å². The first-order valence-corrected chi connectivity index (χ1v) is 24.2. The third kappa shape index (κ3) is 15.1. The molecule has 6 aromatic rings. The van der Waals surface area contributed by atoms with E-state index in [1.54, 1.807) is 0 Å². The summed E-state index contributed by atoms with van der Waals surface area (Å²) in [5, 5.41) is 11.1. The van der Waals surface area contributed by atoms with Gasteiger partial charge < -0.3 is 22.5 Å². The monoisotopic (exact) mass is 1110 g/mol. The Kier molecular flexibility index (Phi) is 20.0. The van der Waals surface area contributed by atoms with E-state index in [9.17, 15) is 4.79 Å². The Morgan fingerprint density at radius 3 is 1.20 bits per heavy atom. The molecule has 0 fully saturated rings. The molecule has 1 N–H and O–H groups in total.